The molecule has 8 nitrogen and oxygen atoms in total. The Labute approximate surface area is 156 Å². The molecule has 2 N–H and O–H groups in total. The lowest BCUT2D eigenvalue weighted by molar-refractivity contribution is 0.0718. The number of likely N-dealkylation sites (tertiary alicyclic amines) is 1. The third-order valence-electron chi connectivity index (χ3n) is 4.90. The molecule has 2 aliphatic rings. The van der Waals surface area contributed by atoms with Gasteiger partial charge in [-0.25, -0.2) is 4.98 Å². The molecule has 1 amide bonds. The van der Waals surface area contributed by atoms with Gasteiger partial charge in [0, 0.05) is 36.5 Å². The van der Waals surface area contributed by atoms with Gasteiger partial charge in [-0.1, -0.05) is 6.92 Å². The van der Waals surface area contributed by atoms with Crippen LogP contribution in [0.5, 0.6) is 11.5 Å². The Morgan fingerprint density at radius 2 is 2.04 bits per heavy atom. The SMILES string of the molecule is CCc1cc(=O)[nH]c(NC2CCN(C(=O)c3ccc4c(c3)OCO4)CC2)n1. The van der Waals surface area contributed by atoms with Gasteiger partial charge in [0.25, 0.3) is 11.5 Å². The lowest BCUT2D eigenvalue weighted by Crippen LogP contribution is -2.42. The largest absolute Gasteiger partial charge is 0.454 e. The molecule has 8 heteroatoms. The van der Waals surface area contributed by atoms with Gasteiger partial charge in [0.1, 0.15) is 0 Å². The minimum Gasteiger partial charge on any atom is -0.454 e. The zero-order valence-corrected chi connectivity index (χ0v) is 15.2. The van der Waals surface area contributed by atoms with Crippen LogP contribution in [0.4, 0.5) is 5.95 Å². The van der Waals surface area contributed by atoms with E-state index in [9.17, 15) is 9.59 Å². The Kier molecular flexibility index (Phi) is 4.70. The number of rotatable bonds is 4. The minimum atomic E-state index is -0.153. The number of nitrogens with zero attached hydrogens (tertiary/aromatic N) is 2. The van der Waals surface area contributed by atoms with Gasteiger partial charge in [-0.2, -0.15) is 0 Å². The summed E-state index contributed by atoms with van der Waals surface area (Å²) in [6.45, 7) is 3.44. The molecule has 1 aromatic heterocycles. The standard InChI is InChI=1S/C19H22N4O4/c1-2-13-10-17(24)22-19(20-13)21-14-5-7-23(8-6-14)18(25)12-3-4-15-16(9-12)27-11-26-15/h3-4,9-10,14H,2,5-8,11H2,1H3,(H2,20,21,22,24). The summed E-state index contributed by atoms with van der Waals surface area (Å²) in [5.41, 5.74) is 1.21. The summed E-state index contributed by atoms with van der Waals surface area (Å²) in [5.74, 6) is 1.78. The number of piperidine rings is 1. The molecule has 3 heterocycles. The predicted octanol–water partition coefficient (Wildman–Crippen LogP) is 1.78. The molecule has 1 fully saturated rings. The molecule has 1 aromatic carbocycles. The number of aromatic nitrogens is 2. The minimum absolute atomic E-state index is 0.00809. The summed E-state index contributed by atoms with van der Waals surface area (Å²) in [6, 6.07) is 6.95. The van der Waals surface area contributed by atoms with Crippen molar-refractivity contribution in [2.75, 3.05) is 25.2 Å². The van der Waals surface area contributed by atoms with E-state index in [-0.39, 0.29) is 24.3 Å². The number of hydrogen-bond acceptors (Lipinski definition) is 6. The smallest absolute Gasteiger partial charge is 0.253 e. The number of benzene rings is 1. The molecule has 4 rings (SSSR count). The maximum absolute atomic E-state index is 12.7. The van der Waals surface area contributed by atoms with Gasteiger partial charge in [0.05, 0.1) is 0 Å². The number of anilines is 1. The number of amides is 1. The van der Waals surface area contributed by atoms with E-state index in [1.54, 1.807) is 18.2 Å². The summed E-state index contributed by atoms with van der Waals surface area (Å²) >= 11 is 0. The highest BCUT2D eigenvalue weighted by atomic mass is 16.7. The Morgan fingerprint density at radius 1 is 1.26 bits per heavy atom. The van der Waals surface area contributed by atoms with Crippen LogP contribution in [0.15, 0.2) is 29.1 Å². The number of nitrogens with one attached hydrogen (secondary N) is 2. The van der Waals surface area contributed by atoms with Crippen LogP contribution in [0.25, 0.3) is 0 Å². The average molecular weight is 370 g/mol. The van der Waals surface area contributed by atoms with Crippen LogP contribution >= 0.6 is 0 Å². The van der Waals surface area contributed by atoms with E-state index in [1.807, 2.05) is 11.8 Å². The first-order valence-corrected chi connectivity index (χ1v) is 9.18. The molecule has 0 aliphatic carbocycles. The maximum atomic E-state index is 12.7. The van der Waals surface area contributed by atoms with Crippen LogP contribution in [0.3, 0.4) is 0 Å². The second-order valence-corrected chi connectivity index (χ2v) is 6.72. The second-order valence-electron chi connectivity index (χ2n) is 6.72. The number of H-pyrrole nitrogens is 1. The van der Waals surface area contributed by atoms with Crippen molar-refractivity contribution in [3.05, 3.63) is 45.9 Å². The molecule has 0 radical (unpaired) electrons. The highest BCUT2D eigenvalue weighted by molar-refractivity contribution is 5.95. The first kappa shape index (κ1) is 17.4. The van der Waals surface area contributed by atoms with Crippen molar-refractivity contribution in [2.45, 2.75) is 32.2 Å². The molecule has 2 aliphatic heterocycles. The fourth-order valence-electron chi connectivity index (χ4n) is 3.39. The van der Waals surface area contributed by atoms with Crippen LogP contribution in [0.2, 0.25) is 0 Å². The quantitative estimate of drug-likeness (QED) is 0.852. The van der Waals surface area contributed by atoms with Crippen molar-refractivity contribution in [1.29, 1.82) is 0 Å². The van der Waals surface area contributed by atoms with Crippen molar-refractivity contribution in [3.63, 3.8) is 0 Å². The number of fused-ring (bicyclic) bond motifs is 1. The maximum Gasteiger partial charge on any atom is 0.253 e. The number of hydrogen-bond donors (Lipinski definition) is 2. The number of carbonyl (C=O) groups excluding carboxylic acids is 1. The Balaban J connectivity index is 1.37. The van der Waals surface area contributed by atoms with Gasteiger partial charge in [0.15, 0.2) is 11.5 Å². The van der Waals surface area contributed by atoms with Gasteiger partial charge in [-0.05, 0) is 37.5 Å². The Bertz CT molecular complexity index is 903. The molecule has 0 unspecified atom stereocenters. The van der Waals surface area contributed by atoms with Crippen LogP contribution < -0.4 is 20.3 Å². The highest BCUT2D eigenvalue weighted by Crippen LogP contribution is 2.33. The third kappa shape index (κ3) is 3.74. The molecular weight excluding hydrogens is 348 g/mol. The van der Waals surface area contributed by atoms with Crippen LogP contribution in [-0.2, 0) is 6.42 Å². The topological polar surface area (TPSA) is 96.6 Å². The van der Waals surface area contributed by atoms with Crippen LogP contribution in [0.1, 0.15) is 35.8 Å². The fraction of sp³-hybridized carbons (Fsp3) is 0.421. The van der Waals surface area contributed by atoms with Gasteiger partial charge in [-0.15, -0.1) is 0 Å². The van der Waals surface area contributed by atoms with Crippen molar-refractivity contribution in [3.8, 4) is 11.5 Å². The lowest BCUT2D eigenvalue weighted by atomic mass is 10.0. The number of ether oxygens (including phenoxy) is 2. The zero-order chi connectivity index (χ0) is 18.8. The average Bonchev–Trinajstić information content (AvgIpc) is 3.15. The molecule has 27 heavy (non-hydrogen) atoms. The summed E-state index contributed by atoms with van der Waals surface area (Å²) in [7, 11) is 0. The van der Waals surface area contributed by atoms with Crippen molar-refractivity contribution >= 4 is 11.9 Å². The molecule has 0 saturated carbocycles. The summed E-state index contributed by atoms with van der Waals surface area (Å²) in [6.07, 6.45) is 2.29. The van der Waals surface area contributed by atoms with E-state index in [0.717, 1.165) is 18.5 Å². The Hall–Kier alpha value is -3.03. The number of carbonyl (C=O) groups is 1. The molecule has 0 atom stereocenters. The van der Waals surface area contributed by atoms with E-state index in [1.165, 1.54) is 6.07 Å². The summed E-state index contributed by atoms with van der Waals surface area (Å²) < 4.78 is 10.6. The second kappa shape index (κ2) is 7.30. The molecule has 1 saturated heterocycles. The third-order valence-corrected chi connectivity index (χ3v) is 4.90. The van der Waals surface area contributed by atoms with E-state index >= 15 is 0 Å². The molecule has 2 aromatic rings. The van der Waals surface area contributed by atoms with Crippen molar-refractivity contribution < 1.29 is 14.3 Å². The summed E-state index contributed by atoms with van der Waals surface area (Å²) in [4.78, 5) is 33.4. The fourth-order valence-corrected chi connectivity index (χ4v) is 3.39. The lowest BCUT2D eigenvalue weighted by Gasteiger charge is -2.32. The summed E-state index contributed by atoms with van der Waals surface area (Å²) in [5, 5.41) is 3.29. The number of aromatic amines is 1. The Morgan fingerprint density at radius 3 is 2.81 bits per heavy atom. The first-order chi connectivity index (χ1) is 13.1. The zero-order valence-electron chi connectivity index (χ0n) is 15.2. The monoisotopic (exact) mass is 370 g/mol. The van der Waals surface area contributed by atoms with E-state index < -0.39 is 0 Å². The molecule has 142 valence electrons. The predicted molar refractivity (Wildman–Crippen MR) is 99.3 cm³/mol. The van der Waals surface area contributed by atoms with Gasteiger partial charge >= 0.3 is 0 Å². The first-order valence-electron chi connectivity index (χ1n) is 9.18. The number of aryl methyl sites for hydroxylation is 1. The highest BCUT2D eigenvalue weighted by Gasteiger charge is 2.25. The van der Waals surface area contributed by atoms with Gasteiger partial charge in [-0.3, -0.25) is 14.6 Å². The van der Waals surface area contributed by atoms with Crippen molar-refractivity contribution in [1.82, 2.24) is 14.9 Å². The van der Waals surface area contributed by atoms with Gasteiger partial charge in [0.2, 0.25) is 12.7 Å². The molecule has 0 bridgehead atoms. The van der Waals surface area contributed by atoms with Crippen LogP contribution in [-0.4, -0.2) is 46.7 Å². The molecular formula is C19H22N4O4. The van der Waals surface area contributed by atoms with Crippen LogP contribution in [0, 0.1) is 0 Å². The van der Waals surface area contributed by atoms with E-state index in [2.05, 4.69) is 15.3 Å². The van der Waals surface area contributed by atoms with E-state index in [4.69, 9.17) is 9.47 Å². The normalized spacial score (nSPS) is 16.4. The van der Waals surface area contributed by atoms with Gasteiger partial charge < -0.3 is 19.7 Å². The molecule has 0 spiro atoms. The van der Waals surface area contributed by atoms with E-state index in [0.29, 0.717) is 42.5 Å². The van der Waals surface area contributed by atoms with Crippen molar-refractivity contribution in [2.24, 2.45) is 0 Å².